The molecule has 154 valence electrons. The molecule has 29 heavy (non-hydrogen) atoms. The molecule has 6 nitrogen and oxygen atoms in total. The summed E-state index contributed by atoms with van der Waals surface area (Å²) in [5.41, 5.74) is 3.00. The number of hydrogen-bond donors (Lipinski definition) is 0. The lowest BCUT2D eigenvalue weighted by Gasteiger charge is -2.54. The minimum absolute atomic E-state index is 0.0247. The maximum atomic E-state index is 12.7. The highest BCUT2D eigenvalue weighted by molar-refractivity contribution is 5.78. The largest absolute Gasteiger partial charge is 0.469 e. The first-order chi connectivity index (χ1) is 13.7. The van der Waals surface area contributed by atoms with Gasteiger partial charge in [0.15, 0.2) is 0 Å². The fraction of sp³-hybridized carbons (Fsp3) is 0.609. The first-order valence-electron chi connectivity index (χ1n) is 10.2. The number of aliphatic imine (C=N–C) groups is 2. The van der Waals surface area contributed by atoms with Gasteiger partial charge in [0, 0.05) is 5.56 Å². The third-order valence-electron chi connectivity index (χ3n) is 7.20. The van der Waals surface area contributed by atoms with Crippen molar-refractivity contribution in [3.63, 3.8) is 0 Å². The third-order valence-corrected chi connectivity index (χ3v) is 7.20. The van der Waals surface area contributed by atoms with Crippen molar-refractivity contribution >= 4 is 29.5 Å². The van der Waals surface area contributed by atoms with E-state index < -0.39 is 5.41 Å². The molecule has 0 heterocycles. The second kappa shape index (κ2) is 7.70. The first-order valence-corrected chi connectivity index (χ1v) is 10.2. The molecule has 0 bridgehead atoms. The van der Waals surface area contributed by atoms with Gasteiger partial charge in [-0.3, -0.25) is 4.79 Å². The van der Waals surface area contributed by atoms with Gasteiger partial charge in [0.05, 0.1) is 23.9 Å². The summed E-state index contributed by atoms with van der Waals surface area (Å²) in [4.78, 5) is 43.1. The van der Waals surface area contributed by atoms with E-state index in [1.165, 1.54) is 7.11 Å². The van der Waals surface area contributed by atoms with Gasteiger partial charge in [-0.2, -0.15) is 9.98 Å². The van der Waals surface area contributed by atoms with Crippen LogP contribution in [0.4, 0.5) is 11.4 Å². The van der Waals surface area contributed by atoms with E-state index in [0.717, 1.165) is 42.4 Å². The van der Waals surface area contributed by atoms with E-state index in [0.29, 0.717) is 17.8 Å². The molecule has 1 unspecified atom stereocenters. The summed E-state index contributed by atoms with van der Waals surface area (Å²) in [6.45, 7) is 8.15. The van der Waals surface area contributed by atoms with Gasteiger partial charge in [-0.1, -0.05) is 27.2 Å². The molecule has 0 aliphatic heterocycles. The topological polar surface area (TPSA) is 85.2 Å². The Hall–Kier alpha value is -2.55. The SMILES string of the molecule is COC(=O)[C@]1(C)CCC[C@]2(C)c3cc(N=C=O)c(C(C)C)c(N=C=O)c3CCC12. The van der Waals surface area contributed by atoms with Gasteiger partial charge in [0.2, 0.25) is 12.2 Å². The molecule has 1 aromatic rings. The number of nitrogens with zero attached hydrogens (tertiary/aromatic N) is 2. The molecule has 2 aliphatic carbocycles. The van der Waals surface area contributed by atoms with Crippen LogP contribution >= 0.6 is 0 Å². The normalized spacial score (nSPS) is 27.9. The molecule has 0 aromatic heterocycles. The Labute approximate surface area is 171 Å². The fourth-order valence-corrected chi connectivity index (χ4v) is 5.96. The standard InChI is InChI=1S/C23H28N2O4/c1-14(2)19-17(24-12-26)11-16-15(20(19)25-13-27)7-8-18-22(16,3)9-6-10-23(18,4)21(28)29-5/h11,14,18H,6-10H2,1-5H3/t18?,22-,23-/m1/s1. The van der Waals surface area contributed by atoms with Crippen molar-refractivity contribution in [3.05, 3.63) is 22.8 Å². The summed E-state index contributed by atoms with van der Waals surface area (Å²) < 4.78 is 5.17. The molecular formula is C23H28N2O4. The number of esters is 1. The highest BCUT2D eigenvalue weighted by Crippen LogP contribution is 2.60. The molecule has 0 spiro atoms. The van der Waals surface area contributed by atoms with Crippen LogP contribution < -0.4 is 0 Å². The van der Waals surface area contributed by atoms with Gasteiger partial charge in [-0.05, 0) is 67.1 Å². The predicted molar refractivity (Wildman–Crippen MR) is 109 cm³/mol. The summed E-state index contributed by atoms with van der Waals surface area (Å²) >= 11 is 0. The monoisotopic (exact) mass is 396 g/mol. The molecular weight excluding hydrogens is 368 g/mol. The van der Waals surface area contributed by atoms with Crippen molar-refractivity contribution in [2.45, 2.75) is 71.1 Å². The van der Waals surface area contributed by atoms with Crippen LogP contribution in [0.3, 0.4) is 0 Å². The quantitative estimate of drug-likeness (QED) is 0.410. The molecule has 2 aliphatic rings. The van der Waals surface area contributed by atoms with Crippen LogP contribution in [0.5, 0.6) is 0 Å². The molecule has 0 amide bonds. The molecule has 0 N–H and O–H groups in total. The number of methoxy groups -OCH3 is 1. The van der Waals surface area contributed by atoms with Gasteiger partial charge < -0.3 is 4.74 Å². The average molecular weight is 396 g/mol. The van der Waals surface area contributed by atoms with Gasteiger partial charge in [-0.25, -0.2) is 9.59 Å². The zero-order chi connectivity index (χ0) is 21.4. The molecule has 3 rings (SSSR count). The smallest absolute Gasteiger partial charge is 0.311 e. The number of benzene rings is 1. The van der Waals surface area contributed by atoms with E-state index in [-0.39, 0.29) is 23.2 Å². The van der Waals surface area contributed by atoms with Gasteiger partial charge in [0.25, 0.3) is 0 Å². The Morgan fingerprint density at radius 1 is 1.21 bits per heavy atom. The Bertz CT molecular complexity index is 941. The second-order valence-electron chi connectivity index (χ2n) is 9.02. The molecule has 1 fully saturated rings. The lowest BCUT2D eigenvalue weighted by atomic mass is 9.49. The van der Waals surface area contributed by atoms with Crippen LogP contribution in [0, 0.1) is 11.3 Å². The summed E-state index contributed by atoms with van der Waals surface area (Å²) in [6, 6.07) is 1.95. The minimum Gasteiger partial charge on any atom is -0.469 e. The van der Waals surface area contributed by atoms with Crippen molar-refractivity contribution < 1.29 is 19.1 Å². The molecule has 0 saturated heterocycles. The van der Waals surface area contributed by atoms with Crippen molar-refractivity contribution in [2.75, 3.05) is 7.11 Å². The van der Waals surface area contributed by atoms with E-state index in [2.05, 4.69) is 16.9 Å². The highest BCUT2D eigenvalue weighted by Gasteiger charge is 2.56. The number of carbonyl (C=O) groups excluding carboxylic acids is 3. The van der Waals surface area contributed by atoms with Crippen LogP contribution in [0.1, 0.15) is 76.0 Å². The number of ether oxygens (including phenoxy) is 1. The Kier molecular flexibility index (Phi) is 5.62. The Morgan fingerprint density at radius 3 is 2.48 bits per heavy atom. The van der Waals surface area contributed by atoms with E-state index >= 15 is 0 Å². The summed E-state index contributed by atoms with van der Waals surface area (Å²) in [5, 5.41) is 0. The van der Waals surface area contributed by atoms with E-state index in [4.69, 9.17) is 4.74 Å². The van der Waals surface area contributed by atoms with Crippen molar-refractivity contribution in [2.24, 2.45) is 21.3 Å². The van der Waals surface area contributed by atoms with Crippen LogP contribution in [-0.4, -0.2) is 25.2 Å². The fourth-order valence-electron chi connectivity index (χ4n) is 5.96. The second-order valence-corrected chi connectivity index (χ2v) is 9.02. The summed E-state index contributed by atoms with van der Waals surface area (Å²) in [5.74, 6) is -0.0561. The number of carbonyl (C=O) groups is 1. The Balaban J connectivity index is 2.31. The van der Waals surface area contributed by atoms with Crippen molar-refractivity contribution in [1.82, 2.24) is 0 Å². The van der Waals surface area contributed by atoms with E-state index in [1.54, 1.807) is 12.2 Å². The number of rotatable bonds is 4. The maximum absolute atomic E-state index is 12.7. The van der Waals surface area contributed by atoms with Crippen molar-refractivity contribution in [3.8, 4) is 0 Å². The van der Waals surface area contributed by atoms with Gasteiger partial charge >= 0.3 is 5.97 Å². The third kappa shape index (κ3) is 3.17. The van der Waals surface area contributed by atoms with E-state index in [9.17, 15) is 14.4 Å². The summed E-state index contributed by atoms with van der Waals surface area (Å²) in [6.07, 6.45) is 7.43. The van der Waals surface area contributed by atoms with Gasteiger partial charge in [0.1, 0.15) is 0 Å². The highest BCUT2D eigenvalue weighted by atomic mass is 16.5. The maximum Gasteiger partial charge on any atom is 0.311 e. The van der Waals surface area contributed by atoms with Gasteiger partial charge in [-0.15, -0.1) is 0 Å². The van der Waals surface area contributed by atoms with Crippen LogP contribution in [-0.2, 0) is 31.0 Å². The average Bonchev–Trinajstić information content (AvgIpc) is 2.67. The molecule has 1 saturated carbocycles. The van der Waals surface area contributed by atoms with Crippen LogP contribution in [0.25, 0.3) is 0 Å². The number of hydrogen-bond acceptors (Lipinski definition) is 6. The van der Waals surface area contributed by atoms with E-state index in [1.807, 2.05) is 26.8 Å². The molecule has 3 atom stereocenters. The lowest BCUT2D eigenvalue weighted by molar-refractivity contribution is -0.161. The first kappa shape index (κ1) is 21.2. The molecule has 6 heteroatoms. The molecule has 0 radical (unpaired) electrons. The number of fused-ring (bicyclic) bond motifs is 3. The summed E-state index contributed by atoms with van der Waals surface area (Å²) in [7, 11) is 1.44. The zero-order valence-electron chi connectivity index (χ0n) is 17.8. The number of isocyanates is 2. The lowest BCUT2D eigenvalue weighted by Crippen LogP contribution is -2.52. The molecule has 1 aromatic carbocycles. The zero-order valence-corrected chi connectivity index (χ0v) is 17.8. The van der Waals surface area contributed by atoms with Crippen LogP contribution in [0.2, 0.25) is 0 Å². The van der Waals surface area contributed by atoms with Crippen molar-refractivity contribution in [1.29, 1.82) is 0 Å². The Morgan fingerprint density at radius 2 is 1.90 bits per heavy atom. The van der Waals surface area contributed by atoms with Crippen LogP contribution in [0.15, 0.2) is 16.1 Å². The minimum atomic E-state index is -0.571. The predicted octanol–water partition coefficient (Wildman–Crippen LogP) is 4.93.